The zero-order valence-corrected chi connectivity index (χ0v) is 14.2. The summed E-state index contributed by atoms with van der Waals surface area (Å²) < 4.78 is 11.7. The lowest BCUT2D eigenvalue weighted by Crippen LogP contribution is -2.59. The van der Waals surface area contributed by atoms with Crippen molar-refractivity contribution in [1.82, 2.24) is 9.80 Å². The van der Waals surface area contributed by atoms with Crippen LogP contribution < -0.4 is 0 Å². The van der Waals surface area contributed by atoms with Gasteiger partial charge in [0.2, 0.25) is 0 Å². The maximum absolute atomic E-state index is 12.6. The van der Waals surface area contributed by atoms with Gasteiger partial charge in [0.25, 0.3) is 5.91 Å². The van der Waals surface area contributed by atoms with Crippen molar-refractivity contribution in [3.8, 4) is 0 Å². The van der Waals surface area contributed by atoms with E-state index < -0.39 is 0 Å². The van der Waals surface area contributed by atoms with Crippen LogP contribution in [0.3, 0.4) is 0 Å². The second-order valence-electron chi connectivity index (χ2n) is 6.79. The molecule has 3 fully saturated rings. The minimum Gasteiger partial charge on any atom is -0.380 e. The lowest BCUT2D eigenvalue weighted by Gasteiger charge is -2.48. The Balaban J connectivity index is 1.38. The fourth-order valence-corrected chi connectivity index (χ4v) is 4.67. The molecule has 0 N–H and O–H groups in total. The van der Waals surface area contributed by atoms with Gasteiger partial charge in [0.1, 0.15) is 0 Å². The van der Waals surface area contributed by atoms with E-state index in [1.165, 1.54) is 11.3 Å². The first kappa shape index (κ1) is 15.6. The molecule has 4 rings (SSSR count). The Morgan fingerprint density at radius 1 is 1.26 bits per heavy atom. The van der Waals surface area contributed by atoms with E-state index in [2.05, 4.69) is 4.90 Å². The van der Waals surface area contributed by atoms with Crippen molar-refractivity contribution >= 4 is 17.2 Å². The fourth-order valence-electron chi connectivity index (χ4n) is 3.98. The molecule has 0 aromatic carbocycles. The number of nitrogens with zero attached hydrogens (tertiary/aromatic N) is 2. The molecular weight excluding hydrogens is 312 g/mol. The van der Waals surface area contributed by atoms with Gasteiger partial charge in [0.05, 0.1) is 30.2 Å². The van der Waals surface area contributed by atoms with Crippen LogP contribution in [-0.4, -0.2) is 73.3 Å². The Hall–Kier alpha value is -0.950. The second kappa shape index (κ2) is 6.51. The Labute approximate surface area is 141 Å². The van der Waals surface area contributed by atoms with E-state index in [1.807, 2.05) is 22.4 Å². The summed E-state index contributed by atoms with van der Waals surface area (Å²) in [5.74, 6) is 0.161. The van der Waals surface area contributed by atoms with Crippen molar-refractivity contribution < 1.29 is 14.3 Å². The predicted molar refractivity (Wildman–Crippen MR) is 88.9 cm³/mol. The summed E-state index contributed by atoms with van der Waals surface area (Å²) in [6.07, 6.45) is 3.17. The molecule has 0 radical (unpaired) electrons. The molecule has 1 aromatic rings. The highest BCUT2D eigenvalue weighted by Gasteiger charge is 2.42. The topological polar surface area (TPSA) is 42.0 Å². The molecule has 1 spiro atoms. The highest BCUT2D eigenvalue weighted by Crippen LogP contribution is 2.32. The van der Waals surface area contributed by atoms with Crippen molar-refractivity contribution in [2.75, 3.05) is 46.0 Å². The van der Waals surface area contributed by atoms with E-state index in [9.17, 15) is 4.79 Å². The first-order valence-electron chi connectivity index (χ1n) is 8.54. The van der Waals surface area contributed by atoms with E-state index in [1.54, 1.807) is 0 Å². The summed E-state index contributed by atoms with van der Waals surface area (Å²) in [7, 11) is 0. The highest BCUT2D eigenvalue weighted by atomic mass is 32.1. The molecule has 4 heterocycles. The van der Waals surface area contributed by atoms with Crippen LogP contribution >= 0.6 is 11.3 Å². The van der Waals surface area contributed by atoms with Crippen molar-refractivity contribution in [3.05, 3.63) is 22.4 Å². The molecule has 6 heteroatoms. The van der Waals surface area contributed by atoms with E-state index in [-0.39, 0.29) is 11.5 Å². The van der Waals surface area contributed by atoms with Crippen LogP contribution in [0.1, 0.15) is 28.9 Å². The van der Waals surface area contributed by atoms with Crippen molar-refractivity contribution in [2.45, 2.75) is 30.9 Å². The SMILES string of the molecule is O=C(c1cccs1)N1CCOC2(CCN([C@@H]3CCOC3)CC2)C1. The number of thiophene rings is 1. The van der Waals surface area contributed by atoms with Crippen LogP contribution in [0, 0.1) is 0 Å². The Kier molecular flexibility index (Phi) is 4.41. The molecule has 3 aliphatic rings. The van der Waals surface area contributed by atoms with Gasteiger partial charge in [-0.25, -0.2) is 0 Å². The minimum absolute atomic E-state index is 0.138. The van der Waals surface area contributed by atoms with Crippen molar-refractivity contribution in [1.29, 1.82) is 0 Å². The van der Waals surface area contributed by atoms with Gasteiger partial charge >= 0.3 is 0 Å². The molecule has 0 aliphatic carbocycles. The van der Waals surface area contributed by atoms with Crippen LogP contribution in [0.4, 0.5) is 0 Å². The molecule has 3 saturated heterocycles. The van der Waals surface area contributed by atoms with Gasteiger partial charge in [-0.1, -0.05) is 6.07 Å². The molecule has 3 aliphatic heterocycles. The number of rotatable bonds is 2. The van der Waals surface area contributed by atoms with Crippen LogP contribution in [0.25, 0.3) is 0 Å². The summed E-state index contributed by atoms with van der Waals surface area (Å²) in [5, 5.41) is 1.96. The summed E-state index contributed by atoms with van der Waals surface area (Å²) >= 11 is 1.52. The molecule has 0 unspecified atom stereocenters. The van der Waals surface area contributed by atoms with Crippen molar-refractivity contribution in [3.63, 3.8) is 0 Å². The van der Waals surface area contributed by atoms with E-state index in [0.29, 0.717) is 19.2 Å². The first-order chi connectivity index (χ1) is 11.3. The van der Waals surface area contributed by atoms with Gasteiger partial charge in [-0.15, -0.1) is 11.3 Å². The van der Waals surface area contributed by atoms with Crippen LogP contribution in [0.15, 0.2) is 17.5 Å². The number of hydrogen-bond donors (Lipinski definition) is 0. The molecule has 23 heavy (non-hydrogen) atoms. The first-order valence-corrected chi connectivity index (χ1v) is 9.42. The number of carbonyl (C=O) groups is 1. The maximum Gasteiger partial charge on any atom is 0.264 e. The van der Waals surface area contributed by atoms with Crippen LogP contribution in [0.5, 0.6) is 0 Å². The third-order valence-corrected chi connectivity index (χ3v) is 6.26. The van der Waals surface area contributed by atoms with Gasteiger partial charge in [0, 0.05) is 32.3 Å². The van der Waals surface area contributed by atoms with Gasteiger partial charge in [-0.3, -0.25) is 9.69 Å². The lowest BCUT2D eigenvalue weighted by atomic mass is 9.88. The normalized spacial score (nSPS) is 28.3. The number of amides is 1. The Bertz CT molecular complexity index is 534. The Morgan fingerprint density at radius 3 is 2.83 bits per heavy atom. The smallest absolute Gasteiger partial charge is 0.264 e. The zero-order valence-electron chi connectivity index (χ0n) is 13.4. The average molecular weight is 336 g/mol. The van der Waals surface area contributed by atoms with Gasteiger partial charge in [-0.2, -0.15) is 0 Å². The highest BCUT2D eigenvalue weighted by molar-refractivity contribution is 7.12. The van der Waals surface area contributed by atoms with Crippen LogP contribution in [0.2, 0.25) is 0 Å². The lowest BCUT2D eigenvalue weighted by molar-refractivity contribution is -0.130. The summed E-state index contributed by atoms with van der Waals surface area (Å²) in [5.41, 5.74) is -0.138. The number of morpholine rings is 1. The molecule has 1 amide bonds. The quantitative estimate of drug-likeness (QED) is 0.826. The molecule has 1 atom stereocenters. The molecular formula is C17H24N2O3S. The van der Waals surface area contributed by atoms with Gasteiger partial charge < -0.3 is 14.4 Å². The molecule has 0 saturated carbocycles. The van der Waals surface area contributed by atoms with E-state index in [4.69, 9.17) is 9.47 Å². The molecule has 1 aromatic heterocycles. The monoisotopic (exact) mass is 336 g/mol. The van der Waals surface area contributed by atoms with Gasteiger partial charge in [0.15, 0.2) is 0 Å². The number of hydrogen-bond acceptors (Lipinski definition) is 5. The van der Waals surface area contributed by atoms with Gasteiger partial charge in [-0.05, 0) is 30.7 Å². The van der Waals surface area contributed by atoms with Crippen molar-refractivity contribution in [2.24, 2.45) is 0 Å². The minimum atomic E-state index is -0.138. The number of piperidine rings is 1. The number of carbonyl (C=O) groups excluding carboxylic acids is 1. The molecule has 126 valence electrons. The molecule has 5 nitrogen and oxygen atoms in total. The number of likely N-dealkylation sites (tertiary alicyclic amines) is 1. The standard InChI is InChI=1S/C17H24N2O3S/c20-16(15-2-1-11-23-15)19-8-10-22-17(13-19)4-6-18(7-5-17)14-3-9-21-12-14/h1-2,11,14H,3-10,12-13H2/t14-/m1/s1. The summed E-state index contributed by atoms with van der Waals surface area (Å²) in [6.45, 7) is 5.97. The third-order valence-electron chi connectivity index (χ3n) is 5.40. The van der Waals surface area contributed by atoms with Crippen LogP contribution in [-0.2, 0) is 9.47 Å². The zero-order chi connectivity index (χ0) is 15.7. The largest absolute Gasteiger partial charge is 0.380 e. The van der Waals surface area contributed by atoms with E-state index in [0.717, 1.165) is 57.0 Å². The Morgan fingerprint density at radius 2 is 2.13 bits per heavy atom. The maximum atomic E-state index is 12.6. The summed E-state index contributed by atoms with van der Waals surface area (Å²) in [6, 6.07) is 4.44. The molecule has 0 bridgehead atoms. The predicted octanol–water partition coefficient (Wildman–Crippen LogP) is 1.84. The third kappa shape index (κ3) is 3.18. The fraction of sp³-hybridized carbons (Fsp3) is 0.706. The summed E-state index contributed by atoms with van der Waals surface area (Å²) in [4.78, 5) is 18.0. The average Bonchev–Trinajstić information content (AvgIpc) is 3.29. The second-order valence-corrected chi connectivity index (χ2v) is 7.74. The number of ether oxygens (including phenoxy) is 2. The van der Waals surface area contributed by atoms with E-state index >= 15 is 0 Å².